The zero-order valence-electron chi connectivity index (χ0n) is 9.28. The molecule has 0 spiro atoms. The van der Waals surface area contributed by atoms with Crippen LogP contribution in [0.4, 0.5) is 0 Å². The summed E-state index contributed by atoms with van der Waals surface area (Å²) >= 11 is 0. The summed E-state index contributed by atoms with van der Waals surface area (Å²) in [6.45, 7) is 5.88. The molecule has 0 amide bonds. The van der Waals surface area contributed by atoms with Crippen molar-refractivity contribution < 1.29 is 4.74 Å². The van der Waals surface area contributed by atoms with E-state index in [0.717, 1.165) is 32.1 Å². The summed E-state index contributed by atoms with van der Waals surface area (Å²) in [5.74, 6) is 1.05. The van der Waals surface area contributed by atoms with Crippen LogP contribution in [0.2, 0.25) is 0 Å². The average Bonchev–Trinajstić information content (AvgIpc) is 2.74. The molecular formula is C11H19N3O. The van der Waals surface area contributed by atoms with Crippen molar-refractivity contribution in [2.45, 2.75) is 32.4 Å². The molecule has 0 unspecified atom stereocenters. The highest BCUT2D eigenvalue weighted by molar-refractivity contribution is 4.89. The molecule has 0 radical (unpaired) electrons. The number of rotatable bonds is 4. The van der Waals surface area contributed by atoms with E-state index in [2.05, 4.69) is 21.8 Å². The van der Waals surface area contributed by atoms with E-state index in [0.29, 0.717) is 6.04 Å². The van der Waals surface area contributed by atoms with Gasteiger partial charge in [0, 0.05) is 25.0 Å². The molecule has 1 aliphatic heterocycles. The van der Waals surface area contributed by atoms with Gasteiger partial charge in [-0.05, 0) is 6.42 Å². The predicted octanol–water partition coefficient (Wildman–Crippen LogP) is 1.41. The highest BCUT2D eigenvalue weighted by Crippen LogP contribution is 2.14. The van der Waals surface area contributed by atoms with Gasteiger partial charge in [-0.15, -0.1) is 0 Å². The van der Waals surface area contributed by atoms with Crippen LogP contribution in [-0.2, 0) is 11.3 Å². The fourth-order valence-corrected chi connectivity index (χ4v) is 2.07. The summed E-state index contributed by atoms with van der Waals surface area (Å²) in [5, 5.41) is 0. The van der Waals surface area contributed by atoms with Crippen LogP contribution in [0, 0.1) is 0 Å². The van der Waals surface area contributed by atoms with Crippen LogP contribution >= 0.6 is 0 Å². The van der Waals surface area contributed by atoms with Crippen LogP contribution in [0.25, 0.3) is 0 Å². The van der Waals surface area contributed by atoms with Crippen molar-refractivity contribution in [2.75, 3.05) is 19.8 Å². The van der Waals surface area contributed by atoms with E-state index in [9.17, 15) is 0 Å². The molecule has 4 heteroatoms. The first-order valence-corrected chi connectivity index (χ1v) is 5.70. The van der Waals surface area contributed by atoms with E-state index in [-0.39, 0.29) is 0 Å². The first kappa shape index (κ1) is 10.6. The fourth-order valence-electron chi connectivity index (χ4n) is 2.07. The fraction of sp³-hybridized carbons (Fsp3) is 0.727. The van der Waals surface area contributed by atoms with Crippen LogP contribution in [0.5, 0.6) is 0 Å². The Balaban J connectivity index is 1.92. The smallest absolute Gasteiger partial charge is 0.120 e. The topological polar surface area (TPSA) is 41.1 Å². The Hall–Kier alpha value is -0.870. The molecule has 2 rings (SSSR count). The molecule has 1 atom stereocenters. The van der Waals surface area contributed by atoms with Gasteiger partial charge in [0.05, 0.1) is 19.8 Å². The highest BCUT2D eigenvalue weighted by Gasteiger charge is 2.22. The molecule has 1 fully saturated rings. The van der Waals surface area contributed by atoms with Gasteiger partial charge < -0.3 is 9.72 Å². The summed E-state index contributed by atoms with van der Waals surface area (Å²) in [6, 6.07) is 0.564. The standard InChI is InChI=1S/C11H19N3O/c1-2-3-10-9-15-7-6-14(10)8-11-12-4-5-13-11/h4-5,10H,2-3,6-9H2,1H3,(H,12,13)/t10-/m0/s1. The monoisotopic (exact) mass is 209 g/mol. The molecule has 2 heterocycles. The van der Waals surface area contributed by atoms with Gasteiger partial charge >= 0.3 is 0 Å². The van der Waals surface area contributed by atoms with E-state index < -0.39 is 0 Å². The van der Waals surface area contributed by atoms with E-state index in [1.54, 1.807) is 0 Å². The number of aromatic nitrogens is 2. The van der Waals surface area contributed by atoms with Crippen LogP contribution in [0.1, 0.15) is 25.6 Å². The SMILES string of the molecule is CCC[C@H]1COCCN1Cc1ncc[nH]1. The third-order valence-corrected chi connectivity index (χ3v) is 2.88. The van der Waals surface area contributed by atoms with E-state index >= 15 is 0 Å². The number of morpholine rings is 1. The minimum Gasteiger partial charge on any atom is -0.378 e. The molecular weight excluding hydrogens is 190 g/mol. The highest BCUT2D eigenvalue weighted by atomic mass is 16.5. The number of nitrogens with zero attached hydrogens (tertiary/aromatic N) is 2. The number of hydrogen-bond donors (Lipinski definition) is 1. The predicted molar refractivity (Wildman–Crippen MR) is 58.5 cm³/mol. The van der Waals surface area contributed by atoms with Gasteiger partial charge in [-0.3, -0.25) is 4.90 Å². The Morgan fingerprint density at radius 3 is 3.33 bits per heavy atom. The Labute approximate surface area is 90.6 Å². The Kier molecular flexibility index (Phi) is 3.75. The van der Waals surface area contributed by atoms with Crippen molar-refractivity contribution in [2.24, 2.45) is 0 Å². The van der Waals surface area contributed by atoms with Gasteiger partial charge in [0.2, 0.25) is 0 Å². The second-order valence-electron chi connectivity index (χ2n) is 4.02. The summed E-state index contributed by atoms with van der Waals surface area (Å²) < 4.78 is 5.51. The maximum absolute atomic E-state index is 5.51. The molecule has 0 aliphatic carbocycles. The molecule has 1 saturated heterocycles. The van der Waals surface area contributed by atoms with Crippen molar-refractivity contribution in [1.29, 1.82) is 0 Å². The number of hydrogen-bond acceptors (Lipinski definition) is 3. The van der Waals surface area contributed by atoms with E-state index in [1.807, 2.05) is 12.4 Å². The van der Waals surface area contributed by atoms with Crippen LogP contribution in [-0.4, -0.2) is 40.7 Å². The number of ether oxygens (including phenoxy) is 1. The Morgan fingerprint density at radius 2 is 2.60 bits per heavy atom. The Bertz CT molecular complexity index is 271. The van der Waals surface area contributed by atoms with Crippen LogP contribution < -0.4 is 0 Å². The maximum atomic E-state index is 5.51. The zero-order valence-corrected chi connectivity index (χ0v) is 9.28. The van der Waals surface area contributed by atoms with Gasteiger partial charge in [0.1, 0.15) is 5.82 Å². The van der Waals surface area contributed by atoms with Gasteiger partial charge in [0.15, 0.2) is 0 Å². The molecule has 1 aliphatic rings. The van der Waals surface area contributed by atoms with Gasteiger partial charge in [-0.25, -0.2) is 4.98 Å². The molecule has 0 saturated carbocycles. The third-order valence-electron chi connectivity index (χ3n) is 2.88. The second kappa shape index (κ2) is 5.28. The van der Waals surface area contributed by atoms with E-state index in [1.165, 1.54) is 12.8 Å². The van der Waals surface area contributed by atoms with E-state index in [4.69, 9.17) is 4.74 Å². The lowest BCUT2D eigenvalue weighted by atomic mass is 10.1. The van der Waals surface area contributed by atoms with Crippen LogP contribution in [0.15, 0.2) is 12.4 Å². The molecule has 0 bridgehead atoms. The Morgan fingerprint density at radius 1 is 1.67 bits per heavy atom. The molecule has 84 valence electrons. The van der Waals surface area contributed by atoms with Crippen molar-refractivity contribution in [3.05, 3.63) is 18.2 Å². The molecule has 15 heavy (non-hydrogen) atoms. The van der Waals surface area contributed by atoms with Crippen molar-refractivity contribution >= 4 is 0 Å². The number of H-pyrrole nitrogens is 1. The van der Waals surface area contributed by atoms with Gasteiger partial charge in [-0.2, -0.15) is 0 Å². The lowest BCUT2D eigenvalue weighted by molar-refractivity contribution is -0.0157. The zero-order chi connectivity index (χ0) is 10.5. The largest absolute Gasteiger partial charge is 0.378 e. The molecule has 1 N–H and O–H groups in total. The van der Waals surface area contributed by atoms with Crippen molar-refractivity contribution in [1.82, 2.24) is 14.9 Å². The number of imidazole rings is 1. The lowest BCUT2D eigenvalue weighted by Gasteiger charge is -2.34. The minimum absolute atomic E-state index is 0.564. The van der Waals surface area contributed by atoms with Gasteiger partial charge in [0.25, 0.3) is 0 Å². The third kappa shape index (κ3) is 2.79. The first-order chi connectivity index (χ1) is 7.40. The van der Waals surface area contributed by atoms with Crippen molar-refractivity contribution in [3.8, 4) is 0 Å². The number of aromatic amines is 1. The average molecular weight is 209 g/mol. The summed E-state index contributed by atoms with van der Waals surface area (Å²) in [5.41, 5.74) is 0. The number of nitrogens with one attached hydrogen (secondary N) is 1. The summed E-state index contributed by atoms with van der Waals surface area (Å²) in [4.78, 5) is 9.88. The molecule has 1 aromatic rings. The normalized spacial score (nSPS) is 23.1. The molecule has 1 aromatic heterocycles. The maximum Gasteiger partial charge on any atom is 0.120 e. The lowest BCUT2D eigenvalue weighted by Crippen LogP contribution is -2.44. The summed E-state index contributed by atoms with van der Waals surface area (Å²) in [7, 11) is 0. The first-order valence-electron chi connectivity index (χ1n) is 5.70. The minimum atomic E-state index is 0.564. The van der Waals surface area contributed by atoms with Gasteiger partial charge in [-0.1, -0.05) is 13.3 Å². The van der Waals surface area contributed by atoms with Crippen molar-refractivity contribution in [3.63, 3.8) is 0 Å². The van der Waals surface area contributed by atoms with Crippen LogP contribution in [0.3, 0.4) is 0 Å². The molecule has 0 aromatic carbocycles. The molecule has 4 nitrogen and oxygen atoms in total. The summed E-state index contributed by atoms with van der Waals surface area (Å²) in [6.07, 6.45) is 6.11. The quantitative estimate of drug-likeness (QED) is 0.815. The second-order valence-corrected chi connectivity index (χ2v) is 4.02.